The van der Waals surface area contributed by atoms with Crippen LogP contribution in [0.15, 0.2) is 6.20 Å². The summed E-state index contributed by atoms with van der Waals surface area (Å²) in [4.78, 5) is 4.29. The number of hydrogen-bond acceptors (Lipinski definition) is 5. The Morgan fingerprint density at radius 3 is 2.73 bits per heavy atom. The Hall–Kier alpha value is -1.39. The standard InChI is InChI=1S/C10H19N5/c1-3-5-7-11-9-8-13-15-10(14-9)12-6-4-2/h8H,3-7H2,1-2H3,(H2,11,12,14,15). The molecule has 1 aromatic heterocycles. The summed E-state index contributed by atoms with van der Waals surface area (Å²) in [6.45, 7) is 6.07. The fraction of sp³-hybridized carbons (Fsp3) is 0.700. The van der Waals surface area contributed by atoms with Crippen LogP contribution in [0, 0.1) is 0 Å². The topological polar surface area (TPSA) is 62.7 Å². The molecular weight excluding hydrogens is 190 g/mol. The van der Waals surface area contributed by atoms with E-state index in [2.05, 4.69) is 39.7 Å². The van der Waals surface area contributed by atoms with Gasteiger partial charge < -0.3 is 10.6 Å². The van der Waals surface area contributed by atoms with Crippen molar-refractivity contribution in [3.05, 3.63) is 6.20 Å². The van der Waals surface area contributed by atoms with Crippen LogP contribution in [0.2, 0.25) is 0 Å². The second kappa shape index (κ2) is 6.98. The summed E-state index contributed by atoms with van der Waals surface area (Å²) < 4.78 is 0. The molecule has 0 spiro atoms. The van der Waals surface area contributed by atoms with Gasteiger partial charge in [-0.1, -0.05) is 20.3 Å². The molecule has 0 bridgehead atoms. The molecule has 0 aliphatic heterocycles. The largest absolute Gasteiger partial charge is 0.369 e. The lowest BCUT2D eigenvalue weighted by atomic mass is 10.3. The van der Waals surface area contributed by atoms with E-state index in [9.17, 15) is 0 Å². The monoisotopic (exact) mass is 209 g/mol. The third kappa shape index (κ3) is 4.58. The molecule has 0 aliphatic rings. The third-order valence-electron chi connectivity index (χ3n) is 1.93. The van der Waals surface area contributed by atoms with Crippen LogP contribution in [0.1, 0.15) is 33.1 Å². The molecule has 0 radical (unpaired) electrons. The Morgan fingerprint density at radius 2 is 2.00 bits per heavy atom. The summed E-state index contributed by atoms with van der Waals surface area (Å²) in [5.74, 6) is 1.38. The molecule has 0 aromatic carbocycles. The molecule has 2 N–H and O–H groups in total. The van der Waals surface area contributed by atoms with Crippen LogP contribution in [-0.2, 0) is 0 Å². The van der Waals surface area contributed by atoms with E-state index < -0.39 is 0 Å². The van der Waals surface area contributed by atoms with Crippen molar-refractivity contribution in [2.75, 3.05) is 23.7 Å². The van der Waals surface area contributed by atoms with Crippen molar-refractivity contribution in [3.8, 4) is 0 Å². The van der Waals surface area contributed by atoms with Crippen molar-refractivity contribution in [2.24, 2.45) is 0 Å². The van der Waals surface area contributed by atoms with Gasteiger partial charge in [0.15, 0.2) is 0 Å². The van der Waals surface area contributed by atoms with Crippen LogP contribution in [0.5, 0.6) is 0 Å². The lowest BCUT2D eigenvalue weighted by Gasteiger charge is -2.05. The lowest BCUT2D eigenvalue weighted by Crippen LogP contribution is -2.09. The number of aromatic nitrogens is 3. The molecule has 0 atom stereocenters. The second-order valence-electron chi connectivity index (χ2n) is 3.37. The van der Waals surface area contributed by atoms with Gasteiger partial charge in [-0.15, -0.1) is 5.10 Å². The summed E-state index contributed by atoms with van der Waals surface area (Å²) in [6.07, 6.45) is 5.01. The average molecular weight is 209 g/mol. The number of nitrogens with one attached hydrogen (secondary N) is 2. The Morgan fingerprint density at radius 1 is 1.13 bits per heavy atom. The highest BCUT2D eigenvalue weighted by atomic mass is 15.3. The normalized spacial score (nSPS) is 10.0. The van der Waals surface area contributed by atoms with Crippen LogP contribution >= 0.6 is 0 Å². The van der Waals surface area contributed by atoms with Gasteiger partial charge in [-0.25, -0.2) is 0 Å². The van der Waals surface area contributed by atoms with E-state index in [1.807, 2.05) is 0 Å². The van der Waals surface area contributed by atoms with Crippen molar-refractivity contribution in [1.29, 1.82) is 0 Å². The van der Waals surface area contributed by atoms with Crippen LogP contribution in [0.4, 0.5) is 11.8 Å². The van der Waals surface area contributed by atoms with Crippen molar-refractivity contribution in [2.45, 2.75) is 33.1 Å². The summed E-state index contributed by atoms with van der Waals surface area (Å²) in [5, 5.41) is 14.1. The molecule has 0 saturated heterocycles. The maximum Gasteiger partial charge on any atom is 0.244 e. The SMILES string of the molecule is CCCCNc1cnnc(NCCC)n1. The second-order valence-corrected chi connectivity index (χ2v) is 3.37. The van der Waals surface area contributed by atoms with Crippen LogP contribution < -0.4 is 10.6 Å². The summed E-state index contributed by atoms with van der Waals surface area (Å²) in [5.41, 5.74) is 0. The molecule has 5 nitrogen and oxygen atoms in total. The van der Waals surface area contributed by atoms with Gasteiger partial charge in [0.25, 0.3) is 0 Å². The van der Waals surface area contributed by atoms with Gasteiger partial charge in [-0.3, -0.25) is 0 Å². The third-order valence-corrected chi connectivity index (χ3v) is 1.93. The first kappa shape index (κ1) is 11.7. The molecule has 0 aliphatic carbocycles. The number of unbranched alkanes of at least 4 members (excludes halogenated alkanes) is 1. The minimum atomic E-state index is 0.596. The molecule has 5 heteroatoms. The van der Waals surface area contributed by atoms with Gasteiger partial charge in [0.05, 0.1) is 6.20 Å². The Bertz CT molecular complexity index is 276. The van der Waals surface area contributed by atoms with E-state index in [-0.39, 0.29) is 0 Å². The first-order chi connectivity index (χ1) is 7.36. The van der Waals surface area contributed by atoms with Crippen LogP contribution in [-0.4, -0.2) is 28.3 Å². The molecule has 1 aromatic rings. The molecule has 84 valence electrons. The predicted molar refractivity (Wildman–Crippen MR) is 62.0 cm³/mol. The van der Waals surface area contributed by atoms with Crippen LogP contribution in [0.25, 0.3) is 0 Å². The minimum absolute atomic E-state index is 0.596. The first-order valence-electron chi connectivity index (χ1n) is 5.54. The van der Waals surface area contributed by atoms with E-state index >= 15 is 0 Å². The highest BCUT2D eigenvalue weighted by molar-refractivity contribution is 5.36. The maximum absolute atomic E-state index is 4.29. The van der Waals surface area contributed by atoms with Gasteiger partial charge in [-0.2, -0.15) is 10.1 Å². The van der Waals surface area contributed by atoms with E-state index in [1.54, 1.807) is 6.20 Å². The quantitative estimate of drug-likeness (QED) is 0.672. The Labute approximate surface area is 90.7 Å². The van der Waals surface area contributed by atoms with E-state index in [0.717, 1.165) is 31.7 Å². The van der Waals surface area contributed by atoms with Crippen LogP contribution in [0.3, 0.4) is 0 Å². The minimum Gasteiger partial charge on any atom is -0.369 e. The smallest absolute Gasteiger partial charge is 0.244 e. The predicted octanol–water partition coefficient (Wildman–Crippen LogP) is 1.91. The summed E-state index contributed by atoms with van der Waals surface area (Å²) in [7, 11) is 0. The fourth-order valence-corrected chi connectivity index (χ4v) is 1.09. The number of nitrogens with zero attached hydrogens (tertiary/aromatic N) is 3. The van der Waals surface area contributed by atoms with Crippen molar-refractivity contribution in [3.63, 3.8) is 0 Å². The zero-order chi connectivity index (χ0) is 10.9. The Kier molecular flexibility index (Phi) is 5.43. The highest BCUT2D eigenvalue weighted by Gasteiger charge is 1.98. The first-order valence-corrected chi connectivity index (χ1v) is 5.54. The van der Waals surface area contributed by atoms with Gasteiger partial charge in [-0.05, 0) is 12.8 Å². The molecule has 15 heavy (non-hydrogen) atoms. The molecule has 1 rings (SSSR count). The summed E-state index contributed by atoms with van der Waals surface area (Å²) in [6, 6.07) is 0. The van der Waals surface area contributed by atoms with Gasteiger partial charge in [0.2, 0.25) is 5.95 Å². The number of rotatable bonds is 7. The number of hydrogen-bond donors (Lipinski definition) is 2. The van der Waals surface area contributed by atoms with Crippen molar-refractivity contribution >= 4 is 11.8 Å². The molecule has 0 fully saturated rings. The van der Waals surface area contributed by atoms with E-state index in [1.165, 1.54) is 6.42 Å². The van der Waals surface area contributed by atoms with Gasteiger partial charge in [0.1, 0.15) is 5.82 Å². The van der Waals surface area contributed by atoms with E-state index in [4.69, 9.17) is 0 Å². The molecule has 0 unspecified atom stereocenters. The Balaban J connectivity index is 2.42. The zero-order valence-electron chi connectivity index (χ0n) is 9.45. The molecule has 0 saturated carbocycles. The molecule has 0 amide bonds. The molecule has 1 heterocycles. The van der Waals surface area contributed by atoms with Crippen molar-refractivity contribution < 1.29 is 0 Å². The van der Waals surface area contributed by atoms with Gasteiger partial charge in [0, 0.05) is 13.1 Å². The van der Waals surface area contributed by atoms with E-state index in [0.29, 0.717) is 5.95 Å². The highest BCUT2D eigenvalue weighted by Crippen LogP contribution is 2.03. The average Bonchev–Trinajstić information content (AvgIpc) is 2.27. The lowest BCUT2D eigenvalue weighted by molar-refractivity contribution is 0.826. The fourth-order valence-electron chi connectivity index (χ4n) is 1.09. The van der Waals surface area contributed by atoms with Gasteiger partial charge >= 0.3 is 0 Å². The number of anilines is 2. The van der Waals surface area contributed by atoms with Crippen molar-refractivity contribution in [1.82, 2.24) is 15.2 Å². The zero-order valence-corrected chi connectivity index (χ0v) is 9.45. The summed E-state index contributed by atoms with van der Waals surface area (Å²) >= 11 is 0. The molecular formula is C10H19N5. The maximum atomic E-state index is 4.29.